The van der Waals surface area contributed by atoms with Gasteiger partial charge in [0.1, 0.15) is 41.9 Å². The van der Waals surface area contributed by atoms with Gasteiger partial charge in [0.2, 0.25) is 0 Å². The topological polar surface area (TPSA) is 86.6 Å². The van der Waals surface area contributed by atoms with Crippen LogP contribution in [-0.4, -0.2) is 37.1 Å². The molecule has 7 heteroatoms. The summed E-state index contributed by atoms with van der Waals surface area (Å²) in [7, 11) is 1.62. The summed E-state index contributed by atoms with van der Waals surface area (Å²) < 4.78 is 17.2. The maximum absolute atomic E-state index is 11.5. The molecular weight excluding hydrogens is 458 g/mol. The van der Waals surface area contributed by atoms with Crippen LogP contribution < -0.4 is 14.2 Å². The number of benzene rings is 4. The van der Waals surface area contributed by atoms with Gasteiger partial charge in [-0.05, 0) is 77.9 Å². The van der Waals surface area contributed by atoms with Crippen molar-refractivity contribution in [2.24, 2.45) is 5.16 Å². The van der Waals surface area contributed by atoms with Crippen molar-refractivity contribution >= 4 is 22.5 Å². The number of hydrogen-bond acceptors (Lipinski definition) is 6. The summed E-state index contributed by atoms with van der Waals surface area (Å²) in [5.41, 5.74) is 1.65. The minimum Gasteiger partial charge on any atom is -0.497 e. The lowest BCUT2D eigenvalue weighted by Gasteiger charge is -2.12. The van der Waals surface area contributed by atoms with Gasteiger partial charge in [-0.2, -0.15) is 0 Å². The average molecular weight is 486 g/mol. The summed E-state index contributed by atoms with van der Waals surface area (Å²) in [4.78, 5) is 17.0. The highest BCUT2D eigenvalue weighted by Crippen LogP contribution is 2.26. The van der Waals surface area contributed by atoms with Crippen LogP contribution in [0.15, 0.2) is 90.1 Å². The third-order valence-electron chi connectivity index (χ3n) is 5.39. The summed E-state index contributed by atoms with van der Waals surface area (Å²) in [5, 5.41) is 15.2. The Hall–Kier alpha value is -4.52. The molecule has 4 aromatic rings. The maximum atomic E-state index is 11.5. The lowest BCUT2D eigenvalue weighted by atomic mass is 10.0. The van der Waals surface area contributed by atoms with Crippen molar-refractivity contribution in [3.63, 3.8) is 0 Å². The molecule has 0 unspecified atom stereocenters. The molecule has 0 atom stereocenters. The van der Waals surface area contributed by atoms with E-state index in [2.05, 4.69) is 5.16 Å². The molecule has 0 aliphatic heterocycles. The largest absolute Gasteiger partial charge is 0.497 e. The number of rotatable bonds is 11. The third-order valence-corrected chi connectivity index (χ3v) is 5.39. The minimum atomic E-state index is -0.964. The molecule has 4 rings (SSSR count). The average Bonchev–Trinajstić information content (AvgIpc) is 2.90. The second-order valence-corrected chi connectivity index (χ2v) is 7.96. The smallest absolute Gasteiger partial charge is 0.336 e. The van der Waals surface area contributed by atoms with E-state index < -0.39 is 5.97 Å². The SMILES string of the molecule is CCCO/N=C(\COc1ccc2c(C(=O)O)cccc2c1)c1cccc(Oc2ccc(OC)cc2)c1. The molecule has 0 aliphatic carbocycles. The molecule has 0 aromatic heterocycles. The van der Waals surface area contributed by atoms with Crippen LogP contribution in [0.2, 0.25) is 0 Å². The summed E-state index contributed by atoms with van der Waals surface area (Å²) in [5.74, 6) is 1.71. The van der Waals surface area contributed by atoms with Crippen molar-refractivity contribution in [1.82, 2.24) is 0 Å². The fraction of sp³-hybridized carbons (Fsp3) is 0.172. The second kappa shape index (κ2) is 11.8. The first kappa shape index (κ1) is 24.6. The Bertz CT molecular complexity index is 1360. The van der Waals surface area contributed by atoms with Gasteiger partial charge in [0.25, 0.3) is 0 Å². The van der Waals surface area contributed by atoms with E-state index in [-0.39, 0.29) is 12.2 Å². The van der Waals surface area contributed by atoms with E-state index in [9.17, 15) is 9.90 Å². The van der Waals surface area contributed by atoms with Gasteiger partial charge >= 0.3 is 5.97 Å². The van der Waals surface area contributed by atoms with Crippen LogP contribution in [0.3, 0.4) is 0 Å². The fourth-order valence-corrected chi connectivity index (χ4v) is 3.59. The van der Waals surface area contributed by atoms with Crippen molar-refractivity contribution < 1.29 is 28.9 Å². The van der Waals surface area contributed by atoms with E-state index in [0.29, 0.717) is 35.0 Å². The van der Waals surface area contributed by atoms with Gasteiger partial charge in [-0.1, -0.05) is 36.3 Å². The first-order valence-corrected chi connectivity index (χ1v) is 11.6. The van der Waals surface area contributed by atoms with Gasteiger partial charge in [-0.3, -0.25) is 0 Å². The van der Waals surface area contributed by atoms with Gasteiger partial charge in [0.05, 0.1) is 12.7 Å². The van der Waals surface area contributed by atoms with Crippen molar-refractivity contribution in [1.29, 1.82) is 0 Å². The molecular formula is C29H27NO6. The zero-order valence-electron chi connectivity index (χ0n) is 20.1. The van der Waals surface area contributed by atoms with E-state index in [1.165, 1.54) is 0 Å². The van der Waals surface area contributed by atoms with E-state index in [1.54, 1.807) is 31.4 Å². The quantitative estimate of drug-likeness (QED) is 0.147. The van der Waals surface area contributed by atoms with E-state index in [1.807, 2.05) is 67.6 Å². The van der Waals surface area contributed by atoms with Gasteiger partial charge in [0.15, 0.2) is 0 Å². The lowest BCUT2D eigenvalue weighted by molar-refractivity contribution is 0.0699. The Balaban J connectivity index is 1.53. The summed E-state index contributed by atoms with van der Waals surface area (Å²) >= 11 is 0. The van der Waals surface area contributed by atoms with Crippen LogP contribution in [0.5, 0.6) is 23.0 Å². The molecule has 7 nitrogen and oxygen atoms in total. The Kier molecular flexibility index (Phi) is 8.03. The van der Waals surface area contributed by atoms with Crippen molar-refractivity contribution in [2.45, 2.75) is 13.3 Å². The first-order valence-electron chi connectivity index (χ1n) is 11.6. The Morgan fingerprint density at radius 3 is 2.36 bits per heavy atom. The molecule has 0 amide bonds. The normalized spacial score (nSPS) is 11.2. The van der Waals surface area contributed by atoms with E-state index in [0.717, 1.165) is 23.1 Å². The number of methoxy groups -OCH3 is 1. The van der Waals surface area contributed by atoms with Crippen LogP contribution >= 0.6 is 0 Å². The van der Waals surface area contributed by atoms with Crippen LogP contribution in [0, 0.1) is 0 Å². The van der Waals surface area contributed by atoms with Crippen molar-refractivity contribution in [3.05, 3.63) is 96.1 Å². The van der Waals surface area contributed by atoms with Crippen LogP contribution in [0.1, 0.15) is 29.3 Å². The molecule has 1 N–H and O–H groups in total. The number of nitrogens with zero attached hydrogens (tertiary/aromatic N) is 1. The number of oxime groups is 1. The molecule has 184 valence electrons. The van der Waals surface area contributed by atoms with Gasteiger partial charge in [-0.25, -0.2) is 4.79 Å². The zero-order valence-corrected chi connectivity index (χ0v) is 20.1. The summed E-state index contributed by atoms with van der Waals surface area (Å²) in [6.07, 6.45) is 0.828. The van der Waals surface area contributed by atoms with Gasteiger partial charge < -0.3 is 24.2 Å². The summed E-state index contributed by atoms with van der Waals surface area (Å²) in [6.45, 7) is 2.65. The molecule has 0 spiro atoms. The standard InChI is InChI=1S/C29H27NO6/c1-3-16-35-30-28(19-34-24-14-15-26-20(17-24)6-5-9-27(26)29(31)32)21-7-4-8-25(18-21)36-23-12-10-22(33-2)11-13-23/h4-15,17-18H,3,16,19H2,1-2H3,(H,31,32)/b30-28+. The number of hydrogen-bond donors (Lipinski definition) is 1. The van der Waals surface area contributed by atoms with Gasteiger partial charge in [0, 0.05) is 5.56 Å². The number of fused-ring (bicyclic) bond motifs is 1. The zero-order chi connectivity index (χ0) is 25.3. The molecule has 0 aliphatic rings. The Labute approximate surface area is 209 Å². The molecule has 0 fully saturated rings. The number of aromatic carboxylic acids is 1. The predicted molar refractivity (Wildman–Crippen MR) is 139 cm³/mol. The van der Waals surface area contributed by atoms with Crippen molar-refractivity contribution in [3.8, 4) is 23.0 Å². The minimum absolute atomic E-state index is 0.153. The molecule has 4 aromatic carbocycles. The maximum Gasteiger partial charge on any atom is 0.336 e. The Morgan fingerprint density at radius 2 is 1.61 bits per heavy atom. The molecule has 0 heterocycles. The second-order valence-electron chi connectivity index (χ2n) is 7.96. The number of carbonyl (C=O) groups is 1. The third kappa shape index (κ3) is 6.13. The number of ether oxygens (including phenoxy) is 3. The van der Waals surface area contributed by atoms with Crippen molar-refractivity contribution in [2.75, 3.05) is 20.3 Å². The van der Waals surface area contributed by atoms with Crippen LogP contribution in [0.4, 0.5) is 0 Å². The van der Waals surface area contributed by atoms with E-state index >= 15 is 0 Å². The molecule has 36 heavy (non-hydrogen) atoms. The first-order chi connectivity index (χ1) is 17.6. The number of carboxylic acids is 1. The molecule has 0 saturated carbocycles. The number of carboxylic acid groups (broad SMARTS) is 1. The summed E-state index contributed by atoms with van der Waals surface area (Å²) in [6, 6.07) is 25.4. The predicted octanol–water partition coefficient (Wildman–Crippen LogP) is 6.55. The van der Waals surface area contributed by atoms with Crippen LogP contribution in [0.25, 0.3) is 10.8 Å². The molecule has 0 radical (unpaired) electrons. The van der Waals surface area contributed by atoms with E-state index in [4.69, 9.17) is 19.0 Å². The highest BCUT2D eigenvalue weighted by molar-refractivity contribution is 6.04. The lowest BCUT2D eigenvalue weighted by Crippen LogP contribution is -2.14. The Morgan fingerprint density at radius 1 is 0.861 bits per heavy atom. The molecule has 0 saturated heterocycles. The highest BCUT2D eigenvalue weighted by Gasteiger charge is 2.11. The van der Waals surface area contributed by atoms with Gasteiger partial charge in [-0.15, -0.1) is 0 Å². The molecule has 0 bridgehead atoms. The fourth-order valence-electron chi connectivity index (χ4n) is 3.59. The monoisotopic (exact) mass is 485 g/mol. The van der Waals surface area contributed by atoms with Crippen LogP contribution in [-0.2, 0) is 4.84 Å². The highest BCUT2D eigenvalue weighted by atomic mass is 16.6.